The molecule has 0 aromatic rings. The fraction of sp³-hybridized carbons (Fsp3) is 0.875. The van der Waals surface area contributed by atoms with Crippen molar-refractivity contribution < 1.29 is 41.0 Å². The summed E-state index contributed by atoms with van der Waals surface area (Å²) in [6.07, 6.45) is -6.38. The molecule has 17 heavy (non-hydrogen) atoms. The van der Waals surface area contributed by atoms with Gasteiger partial charge < -0.3 is 9.84 Å². The second kappa shape index (κ2) is 4.04. The van der Waals surface area contributed by atoms with Crippen molar-refractivity contribution in [1.82, 2.24) is 0 Å². The number of halogens is 6. The fourth-order valence-electron chi connectivity index (χ4n) is 0.846. The summed E-state index contributed by atoms with van der Waals surface area (Å²) in [5.41, 5.74) is -1.85. The van der Waals surface area contributed by atoms with Gasteiger partial charge in [0.15, 0.2) is 0 Å². The summed E-state index contributed by atoms with van der Waals surface area (Å²) in [5, 5.41) is 8.21. The highest BCUT2D eigenvalue weighted by Crippen LogP contribution is 2.47. The van der Waals surface area contributed by atoms with Crippen LogP contribution in [0.15, 0.2) is 0 Å². The summed E-state index contributed by atoms with van der Waals surface area (Å²) in [4.78, 5) is 10.3. The Balaban J connectivity index is 5.60. The number of carboxylic acids is 1. The zero-order chi connectivity index (χ0) is 14.3. The van der Waals surface area contributed by atoms with Gasteiger partial charge in [0.25, 0.3) is 0 Å². The van der Waals surface area contributed by atoms with Crippen molar-refractivity contribution in [3.8, 4) is 0 Å². The van der Waals surface area contributed by atoms with E-state index in [2.05, 4.69) is 4.74 Å². The molecule has 0 heterocycles. The number of aliphatic carboxylic acids is 1. The van der Waals surface area contributed by atoms with E-state index in [0.29, 0.717) is 0 Å². The second-order valence-corrected chi connectivity index (χ2v) is 4.19. The van der Waals surface area contributed by atoms with Gasteiger partial charge in [0.1, 0.15) is 0 Å². The predicted octanol–water partition coefficient (Wildman–Crippen LogP) is 2.75. The molecular formula is C8H10F6O3. The Morgan fingerprint density at radius 3 is 1.53 bits per heavy atom. The molecule has 0 aliphatic rings. The molecule has 1 N–H and O–H groups in total. The topological polar surface area (TPSA) is 46.5 Å². The van der Waals surface area contributed by atoms with Gasteiger partial charge in [0, 0.05) is 0 Å². The molecule has 3 nitrogen and oxygen atoms in total. The van der Waals surface area contributed by atoms with Crippen molar-refractivity contribution in [2.75, 3.05) is 0 Å². The number of carboxylic acid groups (broad SMARTS) is 1. The van der Waals surface area contributed by atoms with E-state index in [0.717, 1.165) is 20.8 Å². The van der Waals surface area contributed by atoms with Gasteiger partial charge in [0.05, 0.1) is 5.60 Å². The largest absolute Gasteiger partial charge is 0.477 e. The van der Waals surface area contributed by atoms with Crippen LogP contribution in [-0.4, -0.2) is 34.6 Å². The average molecular weight is 268 g/mol. The molecule has 0 aliphatic carbocycles. The van der Waals surface area contributed by atoms with Crippen molar-refractivity contribution in [2.45, 2.75) is 44.3 Å². The Labute approximate surface area is 92.4 Å². The quantitative estimate of drug-likeness (QED) is 0.800. The normalized spacial score (nSPS) is 17.7. The first-order chi connectivity index (χ1) is 7.15. The molecule has 1 atom stereocenters. The average Bonchev–Trinajstić information content (AvgIpc) is 1.97. The van der Waals surface area contributed by atoms with E-state index in [4.69, 9.17) is 5.11 Å². The van der Waals surface area contributed by atoms with Crippen molar-refractivity contribution >= 4 is 5.97 Å². The van der Waals surface area contributed by atoms with Gasteiger partial charge in [-0.15, -0.1) is 0 Å². The van der Waals surface area contributed by atoms with Crippen LogP contribution in [0.5, 0.6) is 0 Å². The minimum atomic E-state index is -6.38. The Bertz CT molecular complexity index is 305. The highest BCUT2D eigenvalue weighted by Gasteiger charge is 2.77. The van der Waals surface area contributed by atoms with E-state index < -0.39 is 29.5 Å². The second-order valence-electron chi connectivity index (χ2n) is 4.19. The third-order valence-electron chi connectivity index (χ3n) is 1.48. The number of carbonyl (C=O) groups is 1. The molecule has 0 fully saturated rings. The molecule has 0 bridgehead atoms. The lowest BCUT2D eigenvalue weighted by molar-refractivity contribution is -0.386. The molecule has 0 amide bonds. The molecule has 0 rings (SSSR count). The Kier molecular flexibility index (Phi) is 3.80. The number of hydrogen-bond donors (Lipinski definition) is 1. The van der Waals surface area contributed by atoms with Gasteiger partial charge in [-0.05, 0) is 20.8 Å². The zero-order valence-corrected chi connectivity index (χ0v) is 9.03. The molecule has 0 saturated carbocycles. The van der Waals surface area contributed by atoms with Crippen LogP contribution in [-0.2, 0) is 9.53 Å². The van der Waals surface area contributed by atoms with Crippen LogP contribution >= 0.6 is 0 Å². The maximum Gasteiger partial charge on any atom is 0.460 e. The fourth-order valence-corrected chi connectivity index (χ4v) is 0.846. The summed E-state index contributed by atoms with van der Waals surface area (Å²) >= 11 is 0. The van der Waals surface area contributed by atoms with Crippen LogP contribution in [0.3, 0.4) is 0 Å². The lowest BCUT2D eigenvalue weighted by atomic mass is 10.1. The van der Waals surface area contributed by atoms with Crippen LogP contribution in [0, 0.1) is 0 Å². The summed E-state index contributed by atoms with van der Waals surface area (Å²) in [5.74, 6) is -14.4. The summed E-state index contributed by atoms with van der Waals surface area (Å²) in [7, 11) is 0. The Morgan fingerprint density at radius 1 is 1.00 bits per heavy atom. The van der Waals surface area contributed by atoms with Crippen molar-refractivity contribution in [3.05, 3.63) is 0 Å². The van der Waals surface area contributed by atoms with Crippen molar-refractivity contribution in [1.29, 1.82) is 0 Å². The summed E-state index contributed by atoms with van der Waals surface area (Å²) in [6, 6.07) is 0. The summed E-state index contributed by atoms with van der Waals surface area (Å²) in [6.45, 7) is 2.82. The van der Waals surface area contributed by atoms with Gasteiger partial charge in [-0.25, -0.2) is 4.79 Å². The van der Waals surface area contributed by atoms with Gasteiger partial charge in [-0.2, -0.15) is 26.3 Å². The lowest BCUT2D eigenvalue weighted by Gasteiger charge is -2.35. The number of ether oxygens (including phenoxy) is 1. The lowest BCUT2D eigenvalue weighted by Crippen LogP contribution is -2.62. The molecule has 0 radical (unpaired) electrons. The molecular weight excluding hydrogens is 258 g/mol. The molecule has 0 spiro atoms. The van der Waals surface area contributed by atoms with Gasteiger partial charge in [0.2, 0.25) is 0 Å². The van der Waals surface area contributed by atoms with Gasteiger partial charge in [-0.1, -0.05) is 0 Å². The SMILES string of the molecule is CC(C)(C)OC(F)(C(=O)O)C(F)(F)C(F)(F)F. The van der Waals surface area contributed by atoms with E-state index >= 15 is 0 Å². The summed E-state index contributed by atoms with van der Waals surface area (Å²) < 4.78 is 78.4. The van der Waals surface area contributed by atoms with E-state index in [1.54, 1.807) is 0 Å². The standard InChI is InChI=1S/C8H10F6O3/c1-5(2,3)17-6(9,4(15)16)7(10,11)8(12,13)14/h1-3H3,(H,15,16). The van der Waals surface area contributed by atoms with Crippen molar-refractivity contribution in [2.24, 2.45) is 0 Å². The molecule has 0 aromatic carbocycles. The monoisotopic (exact) mass is 268 g/mol. The van der Waals surface area contributed by atoms with E-state index in [-0.39, 0.29) is 0 Å². The number of hydrogen-bond acceptors (Lipinski definition) is 2. The molecule has 0 aliphatic heterocycles. The van der Waals surface area contributed by atoms with Gasteiger partial charge in [-0.3, -0.25) is 0 Å². The third kappa shape index (κ3) is 3.02. The van der Waals surface area contributed by atoms with E-state index in [9.17, 15) is 31.1 Å². The zero-order valence-electron chi connectivity index (χ0n) is 9.03. The third-order valence-corrected chi connectivity index (χ3v) is 1.48. The van der Waals surface area contributed by atoms with Crippen LogP contribution in [0.1, 0.15) is 20.8 Å². The van der Waals surface area contributed by atoms with Crippen molar-refractivity contribution in [3.63, 3.8) is 0 Å². The minimum absolute atomic E-state index is 0.941. The first-order valence-electron chi connectivity index (χ1n) is 4.22. The first-order valence-corrected chi connectivity index (χ1v) is 4.22. The highest BCUT2D eigenvalue weighted by molar-refractivity contribution is 5.77. The minimum Gasteiger partial charge on any atom is -0.477 e. The van der Waals surface area contributed by atoms with Crippen LogP contribution in [0.4, 0.5) is 26.3 Å². The molecule has 0 saturated heterocycles. The van der Waals surface area contributed by atoms with Crippen LogP contribution in [0.25, 0.3) is 0 Å². The molecule has 102 valence electrons. The maximum absolute atomic E-state index is 13.4. The highest BCUT2D eigenvalue weighted by atomic mass is 19.4. The van der Waals surface area contributed by atoms with Crippen LogP contribution in [0.2, 0.25) is 0 Å². The Morgan fingerprint density at radius 2 is 1.35 bits per heavy atom. The molecule has 0 aromatic heterocycles. The number of rotatable bonds is 3. The van der Waals surface area contributed by atoms with E-state index in [1.165, 1.54) is 0 Å². The maximum atomic E-state index is 13.4. The van der Waals surface area contributed by atoms with Gasteiger partial charge >= 0.3 is 23.9 Å². The molecule has 1 unspecified atom stereocenters. The Hall–Kier alpha value is -0.990. The molecule has 9 heteroatoms. The number of alkyl halides is 6. The van der Waals surface area contributed by atoms with Crippen LogP contribution < -0.4 is 0 Å². The smallest absolute Gasteiger partial charge is 0.460 e. The first kappa shape index (κ1) is 16.0. The van der Waals surface area contributed by atoms with E-state index in [1.807, 2.05) is 0 Å². The predicted molar refractivity (Wildman–Crippen MR) is 43.3 cm³/mol.